The monoisotopic (exact) mass is 378 g/mol. The van der Waals surface area contributed by atoms with Crippen LogP contribution in [-0.2, 0) is 11.2 Å². The number of aliphatic hydroxyl groups excluding tert-OH is 1. The molecule has 2 amide bonds. The third kappa shape index (κ3) is 3.42. The van der Waals surface area contributed by atoms with Gasteiger partial charge in [-0.05, 0) is 66.6 Å². The second-order valence-corrected chi connectivity index (χ2v) is 7.68. The van der Waals surface area contributed by atoms with Crippen molar-refractivity contribution in [3.8, 4) is 11.1 Å². The summed E-state index contributed by atoms with van der Waals surface area (Å²) >= 11 is 0. The lowest BCUT2D eigenvalue weighted by Gasteiger charge is -2.29. The maximum atomic E-state index is 12.9. The number of hydrogen-bond donors (Lipinski definition) is 1. The average Bonchev–Trinajstić information content (AvgIpc) is 3.21. The second kappa shape index (κ2) is 7.76. The van der Waals surface area contributed by atoms with E-state index < -0.39 is 0 Å². The number of nitrogens with zero attached hydrogens (tertiary/aromatic N) is 2. The van der Waals surface area contributed by atoms with Gasteiger partial charge in [0.1, 0.15) is 0 Å². The number of rotatable bonds is 3. The highest BCUT2D eigenvalue weighted by Crippen LogP contribution is 2.32. The fourth-order valence-electron chi connectivity index (χ4n) is 4.39. The zero-order valence-electron chi connectivity index (χ0n) is 16.2. The molecule has 4 rings (SSSR count). The zero-order valence-corrected chi connectivity index (χ0v) is 16.2. The minimum Gasteiger partial charge on any atom is -0.394 e. The lowest BCUT2D eigenvalue weighted by Crippen LogP contribution is -2.37. The summed E-state index contributed by atoms with van der Waals surface area (Å²) < 4.78 is 0. The molecule has 2 heterocycles. The Bertz CT molecular complexity index is 908. The minimum absolute atomic E-state index is 0.0147. The number of amides is 2. The van der Waals surface area contributed by atoms with Gasteiger partial charge in [-0.25, -0.2) is 0 Å². The SMILES string of the molecule is CC(=O)N1CCCc2cc(-c3cccc(C(=O)N4CCCC4CO)c3)ccc21. The average molecular weight is 378 g/mol. The molecule has 0 saturated carbocycles. The van der Waals surface area contributed by atoms with Crippen molar-refractivity contribution in [2.75, 3.05) is 24.6 Å². The molecule has 2 aliphatic heterocycles. The number of aliphatic hydroxyl groups is 1. The van der Waals surface area contributed by atoms with Crippen molar-refractivity contribution in [1.29, 1.82) is 0 Å². The van der Waals surface area contributed by atoms with Gasteiger partial charge in [-0.3, -0.25) is 9.59 Å². The summed E-state index contributed by atoms with van der Waals surface area (Å²) in [5.41, 5.74) is 4.88. The maximum Gasteiger partial charge on any atom is 0.254 e. The molecule has 0 aliphatic carbocycles. The van der Waals surface area contributed by atoms with Gasteiger partial charge >= 0.3 is 0 Å². The predicted molar refractivity (Wildman–Crippen MR) is 109 cm³/mol. The van der Waals surface area contributed by atoms with E-state index in [4.69, 9.17) is 0 Å². The molecule has 1 N–H and O–H groups in total. The van der Waals surface area contributed by atoms with Gasteiger partial charge in [0.05, 0.1) is 12.6 Å². The summed E-state index contributed by atoms with van der Waals surface area (Å²) in [5.74, 6) is 0.0597. The van der Waals surface area contributed by atoms with Crippen molar-refractivity contribution < 1.29 is 14.7 Å². The summed E-state index contributed by atoms with van der Waals surface area (Å²) in [6.07, 6.45) is 3.72. The number of hydrogen-bond acceptors (Lipinski definition) is 3. The number of anilines is 1. The number of carbonyl (C=O) groups is 2. The normalized spacial score (nSPS) is 18.9. The Morgan fingerprint density at radius 2 is 1.89 bits per heavy atom. The topological polar surface area (TPSA) is 60.9 Å². The number of aryl methyl sites for hydroxylation is 1. The maximum absolute atomic E-state index is 12.9. The van der Waals surface area contributed by atoms with E-state index in [1.54, 1.807) is 11.8 Å². The summed E-state index contributed by atoms with van der Waals surface area (Å²) in [5, 5.41) is 9.52. The van der Waals surface area contributed by atoms with Gasteiger partial charge < -0.3 is 14.9 Å². The van der Waals surface area contributed by atoms with E-state index >= 15 is 0 Å². The van der Waals surface area contributed by atoms with Crippen LogP contribution in [-0.4, -0.2) is 47.6 Å². The first-order valence-electron chi connectivity index (χ1n) is 10.0. The van der Waals surface area contributed by atoms with E-state index in [-0.39, 0.29) is 24.5 Å². The summed E-state index contributed by atoms with van der Waals surface area (Å²) in [4.78, 5) is 28.4. The van der Waals surface area contributed by atoms with Crippen molar-refractivity contribution in [1.82, 2.24) is 4.90 Å². The van der Waals surface area contributed by atoms with Crippen LogP contribution in [0, 0.1) is 0 Å². The van der Waals surface area contributed by atoms with E-state index in [2.05, 4.69) is 6.07 Å². The molecule has 0 spiro atoms. The van der Waals surface area contributed by atoms with Crippen LogP contribution in [0.15, 0.2) is 42.5 Å². The Labute approximate surface area is 165 Å². The summed E-state index contributed by atoms with van der Waals surface area (Å²) in [6, 6.07) is 13.8. The van der Waals surface area contributed by atoms with E-state index in [0.29, 0.717) is 12.1 Å². The van der Waals surface area contributed by atoms with Gasteiger partial charge in [-0.2, -0.15) is 0 Å². The largest absolute Gasteiger partial charge is 0.394 e. The number of carbonyl (C=O) groups excluding carboxylic acids is 2. The van der Waals surface area contributed by atoms with Crippen LogP contribution in [0.25, 0.3) is 11.1 Å². The van der Waals surface area contributed by atoms with Gasteiger partial charge in [0.25, 0.3) is 5.91 Å². The Morgan fingerprint density at radius 3 is 2.68 bits per heavy atom. The molecule has 1 saturated heterocycles. The van der Waals surface area contributed by atoms with Gasteiger partial charge in [0.2, 0.25) is 5.91 Å². The first-order valence-corrected chi connectivity index (χ1v) is 10.0. The molecule has 2 aromatic rings. The van der Waals surface area contributed by atoms with Crippen molar-refractivity contribution in [3.05, 3.63) is 53.6 Å². The van der Waals surface area contributed by atoms with Crippen molar-refractivity contribution >= 4 is 17.5 Å². The highest BCUT2D eigenvalue weighted by Gasteiger charge is 2.29. The van der Waals surface area contributed by atoms with Crippen LogP contribution in [0.1, 0.15) is 42.1 Å². The van der Waals surface area contributed by atoms with Gasteiger partial charge in [0, 0.05) is 31.3 Å². The second-order valence-electron chi connectivity index (χ2n) is 7.68. The van der Waals surface area contributed by atoms with Crippen LogP contribution >= 0.6 is 0 Å². The number of fused-ring (bicyclic) bond motifs is 1. The fourth-order valence-corrected chi connectivity index (χ4v) is 4.39. The van der Waals surface area contributed by atoms with E-state index in [1.165, 1.54) is 5.56 Å². The Hall–Kier alpha value is -2.66. The molecular weight excluding hydrogens is 352 g/mol. The van der Waals surface area contributed by atoms with Gasteiger partial charge in [0.15, 0.2) is 0 Å². The molecule has 28 heavy (non-hydrogen) atoms. The fraction of sp³-hybridized carbons (Fsp3) is 0.391. The third-order valence-electron chi connectivity index (χ3n) is 5.87. The molecule has 2 aromatic carbocycles. The van der Waals surface area contributed by atoms with Gasteiger partial charge in [-0.1, -0.05) is 18.2 Å². The lowest BCUT2D eigenvalue weighted by molar-refractivity contribution is -0.116. The molecule has 0 aromatic heterocycles. The van der Waals surface area contributed by atoms with Crippen molar-refractivity contribution in [2.45, 2.75) is 38.6 Å². The molecular formula is C23H26N2O3. The quantitative estimate of drug-likeness (QED) is 0.892. The number of likely N-dealkylation sites (tertiary alicyclic amines) is 1. The molecule has 2 aliphatic rings. The Balaban J connectivity index is 1.63. The lowest BCUT2D eigenvalue weighted by atomic mass is 9.95. The Kier molecular flexibility index (Phi) is 5.18. The van der Waals surface area contributed by atoms with Crippen LogP contribution in [0.3, 0.4) is 0 Å². The molecule has 5 heteroatoms. The highest BCUT2D eigenvalue weighted by atomic mass is 16.3. The standard InChI is InChI=1S/C23H26N2O3/c1-16(27)24-11-3-7-19-13-18(9-10-22(19)24)17-5-2-6-20(14-17)23(28)25-12-4-8-21(25)15-26/h2,5-6,9-10,13-14,21,26H,3-4,7-8,11-12,15H2,1H3. The zero-order chi connectivity index (χ0) is 19.7. The molecule has 0 bridgehead atoms. The van der Waals surface area contributed by atoms with Crippen LogP contribution in [0.2, 0.25) is 0 Å². The third-order valence-corrected chi connectivity index (χ3v) is 5.87. The van der Waals surface area contributed by atoms with E-state index in [0.717, 1.165) is 49.0 Å². The predicted octanol–water partition coefficient (Wildman–Crippen LogP) is 3.25. The van der Waals surface area contributed by atoms with Crippen LogP contribution in [0.5, 0.6) is 0 Å². The number of benzene rings is 2. The van der Waals surface area contributed by atoms with Crippen molar-refractivity contribution in [3.63, 3.8) is 0 Å². The van der Waals surface area contributed by atoms with Crippen molar-refractivity contribution in [2.24, 2.45) is 0 Å². The molecule has 0 radical (unpaired) electrons. The highest BCUT2D eigenvalue weighted by molar-refractivity contribution is 5.96. The molecule has 146 valence electrons. The first-order chi connectivity index (χ1) is 13.6. The molecule has 5 nitrogen and oxygen atoms in total. The van der Waals surface area contributed by atoms with E-state index in [1.807, 2.05) is 41.3 Å². The van der Waals surface area contributed by atoms with Crippen LogP contribution < -0.4 is 4.90 Å². The first kappa shape index (κ1) is 18.7. The smallest absolute Gasteiger partial charge is 0.254 e. The van der Waals surface area contributed by atoms with Gasteiger partial charge in [-0.15, -0.1) is 0 Å². The summed E-state index contributed by atoms with van der Waals surface area (Å²) in [7, 11) is 0. The van der Waals surface area contributed by atoms with E-state index in [9.17, 15) is 14.7 Å². The molecule has 1 fully saturated rings. The Morgan fingerprint density at radius 1 is 1.07 bits per heavy atom. The molecule has 1 unspecified atom stereocenters. The summed E-state index contributed by atoms with van der Waals surface area (Å²) in [6.45, 7) is 3.10. The minimum atomic E-state index is -0.0718. The molecule has 1 atom stereocenters. The van der Waals surface area contributed by atoms with Crippen LogP contribution in [0.4, 0.5) is 5.69 Å².